The Morgan fingerprint density at radius 3 is 2.30 bits per heavy atom. The fourth-order valence-corrected chi connectivity index (χ4v) is 5.83. The summed E-state index contributed by atoms with van der Waals surface area (Å²) in [6, 6.07) is 31.2. The Morgan fingerprint density at radius 1 is 0.860 bits per heavy atom. The molecule has 0 saturated heterocycles. The third kappa shape index (κ3) is 8.74. The smallest absolute Gasteiger partial charge is 0.251 e. The number of hydrogen-bond donors (Lipinski definition) is 1. The van der Waals surface area contributed by atoms with Gasteiger partial charge >= 0.3 is 0 Å². The molecule has 3 nitrogen and oxygen atoms in total. The van der Waals surface area contributed by atoms with Crippen LogP contribution in [0.3, 0.4) is 0 Å². The molecule has 43 heavy (non-hydrogen) atoms. The van der Waals surface area contributed by atoms with Gasteiger partial charge in [0, 0.05) is 22.7 Å². The predicted octanol–water partition coefficient (Wildman–Crippen LogP) is 10.7. The van der Waals surface area contributed by atoms with Crippen molar-refractivity contribution in [3.05, 3.63) is 113 Å². The van der Waals surface area contributed by atoms with Gasteiger partial charge in [-0.2, -0.15) is 0 Å². The minimum absolute atomic E-state index is 0.00186. The van der Waals surface area contributed by atoms with E-state index in [-0.39, 0.29) is 11.3 Å². The maximum Gasteiger partial charge on any atom is 0.251 e. The first kappa shape index (κ1) is 32.4. The maximum absolute atomic E-state index is 12.3. The van der Waals surface area contributed by atoms with E-state index in [1.54, 1.807) is 0 Å². The second-order valence-electron chi connectivity index (χ2n) is 12.7. The number of benzene rings is 4. The lowest BCUT2D eigenvalue weighted by atomic mass is 9.76. The highest BCUT2D eigenvalue weighted by molar-refractivity contribution is 6.31. The van der Waals surface area contributed by atoms with Crippen molar-refractivity contribution in [2.75, 3.05) is 13.2 Å². The number of carbonyl (C=O) groups excluding carboxylic acids is 1. The van der Waals surface area contributed by atoms with Crippen molar-refractivity contribution in [3.63, 3.8) is 0 Å². The van der Waals surface area contributed by atoms with Crippen molar-refractivity contribution in [1.29, 1.82) is 0 Å². The highest BCUT2D eigenvalue weighted by atomic mass is 35.5. The van der Waals surface area contributed by atoms with Crippen molar-refractivity contribution in [2.24, 2.45) is 5.92 Å². The fourth-order valence-electron chi connectivity index (χ4n) is 5.65. The van der Waals surface area contributed by atoms with Crippen molar-refractivity contribution >= 4 is 17.5 Å². The van der Waals surface area contributed by atoms with Crippen LogP contribution < -0.4 is 10.1 Å². The largest absolute Gasteiger partial charge is 0.493 e. The summed E-state index contributed by atoms with van der Waals surface area (Å²) < 4.78 is 6.38. The average Bonchev–Trinajstić information content (AvgIpc) is 3.00. The molecule has 0 bridgehead atoms. The van der Waals surface area contributed by atoms with Crippen molar-refractivity contribution in [2.45, 2.75) is 72.1 Å². The molecule has 0 aliphatic heterocycles. The summed E-state index contributed by atoms with van der Waals surface area (Å²) in [5.41, 5.74) is 7.75. The summed E-state index contributed by atoms with van der Waals surface area (Å²) in [4.78, 5) is 12.3. The van der Waals surface area contributed by atoms with E-state index in [9.17, 15) is 4.79 Å². The topological polar surface area (TPSA) is 38.3 Å². The molecule has 0 saturated carbocycles. The molecule has 0 aliphatic rings. The quantitative estimate of drug-likeness (QED) is 0.167. The first-order chi connectivity index (χ1) is 20.6. The van der Waals surface area contributed by atoms with E-state index in [4.69, 9.17) is 16.3 Å². The molecule has 0 aromatic heterocycles. The standard InChI is InChI=1S/C39H46ClNO2/c1-7-21-41-38(42)30-16-14-29(15-17-30)32-11-9-13-34(24-32)39(5,6)26-28(4)20-22-43-37-19-18-35(40)25-36(37)33-12-8-10-31(23-33)27(2)3/h8-19,23-25,27-28H,7,20-22,26H2,1-6H3,(H,41,42). The van der Waals surface area contributed by atoms with E-state index >= 15 is 0 Å². The van der Waals surface area contributed by atoms with Crippen LogP contribution in [0.25, 0.3) is 22.3 Å². The highest BCUT2D eigenvalue weighted by Crippen LogP contribution is 2.36. The van der Waals surface area contributed by atoms with Gasteiger partial charge in [0.1, 0.15) is 5.75 Å². The Kier molecular flexibility index (Phi) is 11.1. The Balaban J connectivity index is 1.39. The van der Waals surface area contributed by atoms with Crippen LogP contribution in [0.5, 0.6) is 5.75 Å². The molecule has 1 amide bonds. The second kappa shape index (κ2) is 14.8. The zero-order valence-electron chi connectivity index (χ0n) is 26.5. The molecular weight excluding hydrogens is 550 g/mol. The molecule has 4 aromatic rings. The van der Waals surface area contributed by atoms with Crippen LogP contribution in [0.2, 0.25) is 5.02 Å². The SMILES string of the molecule is CCCNC(=O)c1ccc(-c2cccc(C(C)(C)CC(C)CCOc3ccc(Cl)cc3-c3cccc(C(C)C)c3)c2)cc1. The molecule has 4 rings (SSSR count). The number of nitrogens with one attached hydrogen (secondary N) is 1. The van der Waals surface area contributed by atoms with Gasteiger partial charge in [0.05, 0.1) is 6.61 Å². The zero-order chi connectivity index (χ0) is 31.0. The molecule has 0 radical (unpaired) electrons. The number of carbonyl (C=O) groups is 1. The van der Waals surface area contributed by atoms with Crippen LogP contribution in [0.1, 0.15) is 88.2 Å². The number of ether oxygens (including phenoxy) is 1. The molecule has 0 aliphatic carbocycles. The predicted molar refractivity (Wildman–Crippen MR) is 182 cm³/mol. The molecule has 0 fully saturated rings. The summed E-state index contributed by atoms with van der Waals surface area (Å²) in [6.45, 7) is 14.8. The first-order valence-electron chi connectivity index (χ1n) is 15.6. The minimum atomic E-state index is -0.0196. The third-order valence-corrected chi connectivity index (χ3v) is 8.43. The van der Waals surface area contributed by atoms with Crippen LogP contribution >= 0.6 is 11.6 Å². The number of amides is 1. The van der Waals surface area contributed by atoms with Crippen LogP contribution in [0, 0.1) is 5.92 Å². The molecule has 1 N–H and O–H groups in total. The zero-order valence-corrected chi connectivity index (χ0v) is 27.3. The summed E-state index contributed by atoms with van der Waals surface area (Å²) in [7, 11) is 0. The Hall–Kier alpha value is -3.56. The van der Waals surface area contributed by atoms with E-state index < -0.39 is 0 Å². The lowest BCUT2D eigenvalue weighted by Crippen LogP contribution is -2.23. The monoisotopic (exact) mass is 595 g/mol. The van der Waals surface area contributed by atoms with E-state index in [0.29, 0.717) is 35.6 Å². The van der Waals surface area contributed by atoms with Gasteiger partial charge < -0.3 is 10.1 Å². The Morgan fingerprint density at radius 2 is 1.58 bits per heavy atom. The van der Waals surface area contributed by atoms with Gasteiger partial charge in [-0.05, 0) is 94.7 Å². The fraction of sp³-hybridized carbons (Fsp3) is 0.359. The molecule has 0 spiro atoms. The maximum atomic E-state index is 12.3. The minimum Gasteiger partial charge on any atom is -0.493 e. The van der Waals surface area contributed by atoms with Crippen molar-refractivity contribution in [3.8, 4) is 28.0 Å². The summed E-state index contributed by atoms with van der Waals surface area (Å²) >= 11 is 6.40. The van der Waals surface area contributed by atoms with Crippen LogP contribution in [0.15, 0.2) is 91.0 Å². The van der Waals surface area contributed by atoms with Gasteiger partial charge in [-0.1, -0.05) is 114 Å². The summed E-state index contributed by atoms with van der Waals surface area (Å²) in [5.74, 6) is 1.78. The van der Waals surface area contributed by atoms with Crippen LogP contribution in [-0.4, -0.2) is 19.1 Å². The van der Waals surface area contributed by atoms with E-state index in [1.165, 1.54) is 16.7 Å². The lowest BCUT2D eigenvalue weighted by molar-refractivity contribution is 0.0953. The third-order valence-electron chi connectivity index (χ3n) is 8.19. The molecule has 4 heteroatoms. The molecule has 4 aromatic carbocycles. The Bertz CT molecular complexity index is 1510. The van der Waals surface area contributed by atoms with Gasteiger partial charge in [0.2, 0.25) is 0 Å². The van der Waals surface area contributed by atoms with E-state index in [1.807, 2.05) is 42.5 Å². The average molecular weight is 596 g/mol. The van der Waals surface area contributed by atoms with Gasteiger partial charge in [0.15, 0.2) is 0 Å². The Labute approximate surface area is 263 Å². The molecule has 226 valence electrons. The number of hydrogen-bond acceptors (Lipinski definition) is 2. The van der Waals surface area contributed by atoms with Crippen LogP contribution in [0.4, 0.5) is 0 Å². The highest BCUT2D eigenvalue weighted by Gasteiger charge is 2.24. The summed E-state index contributed by atoms with van der Waals surface area (Å²) in [5, 5.41) is 3.65. The molecular formula is C39H46ClNO2. The molecule has 1 atom stereocenters. The lowest BCUT2D eigenvalue weighted by Gasteiger charge is -2.29. The van der Waals surface area contributed by atoms with Crippen molar-refractivity contribution < 1.29 is 9.53 Å². The van der Waals surface area contributed by atoms with Gasteiger partial charge in [-0.15, -0.1) is 0 Å². The normalized spacial score (nSPS) is 12.3. The molecule has 0 heterocycles. The van der Waals surface area contributed by atoms with E-state index in [0.717, 1.165) is 41.7 Å². The van der Waals surface area contributed by atoms with Gasteiger partial charge in [-0.3, -0.25) is 4.79 Å². The number of rotatable bonds is 13. The van der Waals surface area contributed by atoms with Gasteiger partial charge in [0.25, 0.3) is 5.91 Å². The van der Waals surface area contributed by atoms with Crippen molar-refractivity contribution in [1.82, 2.24) is 5.32 Å². The first-order valence-corrected chi connectivity index (χ1v) is 16.0. The van der Waals surface area contributed by atoms with Crippen LogP contribution in [-0.2, 0) is 5.41 Å². The molecule has 1 unspecified atom stereocenters. The second-order valence-corrected chi connectivity index (χ2v) is 13.1. The van der Waals surface area contributed by atoms with Gasteiger partial charge in [-0.25, -0.2) is 0 Å². The number of halogens is 1. The van der Waals surface area contributed by atoms with E-state index in [2.05, 4.69) is 95.4 Å². The summed E-state index contributed by atoms with van der Waals surface area (Å²) in [6.07, 6.45) is 2.92.